The Kier molecular flexibility index (Phi) is 2.87. The van der Waals surface area contributed by atoms with Crippen LogP contribution in [0.25, 0.3) is 0 Å². The summed E-state index contributed by atoms with van der Waals surface area (Å²) in [6, 6.07) is 16.4. The van der Waals surface area contributed by atoms with Crippen LogP contribution >= 0.6 is 0 Å². The summed E-state index contributed by atoms with van der Waals surface area (Å²) in [6.45, 7) is 0. The van der Waals surface area contributed by atoms with Gasteiger partial charge in [0.2, 0.25) is 0 Å². The molecule has 0 bridgehead atoms. The van der Waals surface area contributed by atoms with E-state index in [2.05, 4.69) is 6.07 Å². The van der Waals surface area contributed by atoms with Crippen molar-refractivity contribution in [1.29, 1.82) is 0 Å². The van der Waals surface area contributed by atoms with Crippen molar-refractivity contribution in [2.75, 3.05) is 0 Å². The average Bonchev–Trinajstić information content (AvgIpc) is 2.31. The van der Waals surface area contributed by atoms with Gasteiger partial charge in [0.25, 0.3) is 0 Å². The van der Waals surface area contributed by atoms with Crippen molar-refractivity contribution in [2.24, 2.45) is 0 Å². The molecule has 2 aromatic carbocycles. The minimum absolute atomic E-state index is 0.240. The van der Waals surface area contributed by atoms with Crippen molar-refractivity contribution >= 4 is 5.97 Å². The van der Waals surface area contributed by atoms with Crippen molar-refractivity contribution in [3.63, 3.8) is 0 Å². The first kappa shape index (κ1) is 10.2. The van der Waals surface area contributed by atoms with Gasteiger partial charge in [-0.3, -0.25) is 0 Å². The topological polar surface area (TPSA) is 46.5 Å². The summed E-state index contributed by atoms with van der Waals surface area (Å²) in [5, 5.41) is 8.72. The molecule has 0 aliphatic heterocycles. The first-order valence-electron chi connectivity index (χ1n) is 4.73. The van der Waals surface area contributed by atoms with Crippen LogP contribution in [0, 0.1) is 6.07 Å². The van der Waals surface area contributed by atoms with Crippen LogP contribution in [0.3, 0.4) is 0 Å². The maximum atomic E-state index is 10.6. The molecule has 0 aliphatic rings. The molecule has 0 saturated heterocycles. The van der Waals surface area contributed by atoms with Gasteiger partial charge in [0.1, 0.15) is 11.5 Å². The quantitative estimate of drug-likeness (QED) is 0.852. The molecule has 0 saturated carbocycles. The van der Waals surface area contributed by atoms with E-state index in [4.69, 9.17) is 9.84 Å². The molecular weight excluding hydrogens is 204 g/mol. The number of hydrogen-bond acceptors (Lipinski definition) is 2. The summed E-state index contributed by atoms with van der Waals surface area (Å²) in [5.74, 6) is 0.246. The zero-order valence-corrected chi connectivity index (χ0v) is 8.38. The van der Waals surface area contributed by atoms with Crippen LogP contribution in [0.1, 0.15) is 10.4 Å². The van der Waals surface area contributed by atoms with Gasteiger partial charge in [0, 0.05) is 6.07 Å². The third-order valence-electron chi connectivity index (χ3n) is 2.01. The highest BCUT2D eigenvalue weighted by Crippen LogP contribution is 2.20. The average molecular weight is 213 g/mol. The molecule has 2 aromatic rings. The summed E-state index contributed by atoms with van der Waals surface area (Å²) in [7, 11) is 0. The van der Waals surface area contributed by atoms with E-state index in [1.807, 2.05) is 12.1 Å². The van der Waals surface area contributed by atoms with E-state index in [0.29, 0.717) is 11.5 Å². The zero-order chi connectivity index (χ0) is 11.4. The van der Waals surface area contributed by atoms with E-state index in [-0.39, 0.29) is 5.56 Å². The second-order valence-corrected chi connectivity index (χ2v) is 3.16. The maximum Gasteiger partial charge on any atom is 0.335 e. The monoisotopic (exact) mass is 213 g/mol. The number of para-hydroxylation sites is 1. The maximum absolute atomic E-state index is 10.6. The van der Waals surface area contributed by atoms with E-state index >= 15 is 0 Å². The van der Waals surface area contributed by atoms with Gasteiger partial charge in [-0.25, -0.2) is 4.79 Å². The van der Waals surface area contributed by atoms with Crippen LogP contribution in [-0.2, 0) is 0 Å². The second kappa shape index (κ2) is 4.49. The predicted octanol–water partition coefficient (Wildman–Crippen LogP) is 2.98. The first-order chi connectivity index (χ1) is 7.75. The van der Waals surface area contributed by atoms with Gasteiger partial charge in [0.05, 0.1) is 5.56 Å². The molecule has 0 fully saturated rings. The van der Waals surface area contributed by atoms with Crippen molar-refractivity contribution in [1.82, 2.24) is 0 Å². The minimum atomic E-state index is -0.946. The molecule has 3 nitrogen and oxygen atoms in total. The number of carboxylic acids is 1. The first-order valence-corrected chi connectivity index (χ1v) is 4.73. The highest BCUT2D eigenvalue weighted by Gasteiger charge is 2.02. The lowest BCUT2D eigenvalue weighted by atomic mass is 10.2. The van der Waals surface area contributed by atoms with Crippen LogP contribution in [0.15, 0.2) is 48.5 Å². The normalized spacial score (nSPS) is 9.75. The Morgan fingerprint density at radius 2 is 1.88 bits per heavy atom. The van der Waals surface area contributed by atoms with E-state index in [0.717, 1.165) is 0 Å². The molecule has 1 radical (unpaired) electrons. The fourth-order valence-electron chi connectivity index (χ4n) is 1.23. The number of carbonyl (C=O) groups is 1. The molecule has 2 rings (SSSR count). The number of carboxylic acid groups (broad SMARTS) is 1. The second-order valence-electron chi connectivity index (χ2n) is 3.16. The molecule has 0 heterocycles. The summed E-state index contributed by atoms with van der Waals surface area (Å²) in [4.78, 5) is 10.6. The van der Waals surface area contributed by atoms with Crippen molar-refractivity contribution < 1.29 is 14.6 Å². The highest BCUT2D eigenvalue weighted by atomic mass is 16.5. The standard InChI is InChI=1S/C13H9O3/c14-13(15)10-6-8-12(9-7-10)16-11-4-2-1-3-5-11/h1-4,6-9H,(H,14,15). The van der Waals surface area contributed by atoms with Gasteiger partial charge in [-0.1, -0.05) is 18.2 Å². The molecule has 0 aliphatic carbocycles. The van der Waals surface area contributed by atoms with Crippen LogP contribution < -0.4 is 4.74 Å². The summed E-state index contributed by atoms with van der Waals surface area (Å²) >= 11 is 0. The Morgan fingerprint density at radius 3 is 2.44 bits per heavy atom. The van der Waals surface area contributed by atoms with Crippen LogP contribution in [0.5, 0.6) is 11.5 Å². The van der Waals surface area contributed by atoms with Crippen molar-refractivity contribution in [2.45, 2.75) is 0 Å². The predicted molar refractivity (Wildman–Crippen MR) is 58.8 cm³/mol. The fourth-order valence-corrected chi connectivity index (χ4v) is 1.23. The Bertz CT molecular complexity index is 474. The molecule has 0 atom stereocenters. The number of ether oxygens (including phenoxy) is 1. The molecule has 3 heteroatoms. The molecule has 0 unspecified atom stereocenters. The molecule has 16 heavy (non-hydrogen) atoms. The number of hydrogen-bond donors (Lipinski definition) is 1. The summed E-state index contributed by atoms with van der Waals surface area (Å²) < 4.78 is 5.46. The zero-order valence-electron chi connectivity index (χ0n) is 8.38. The van der Waals surface area contributed by atoms with Crippen LogP contribution in [0.4, 0.5) is 0 Å². The lowest BCUT2D eigenvalue weighted by Gasteiger charge is -2.04. The lowest BCUT2D eigenvalue weighted by molar-refractivity contribution is 0.0697. The fraction of sp³-hybridized carbons (Fsp3) is 0. The van der Waals surface area contributed by atoms with Crippen molar-refractivity contribution in [3.05, 3.63) is 60.2 Å². The molecular formula is C13H9O3. The van der Waals surface area contributed by atoms with Crippen LogP contribution in [-0.4, -0.2) is 11.1 Å². The van der Waals surface area contributed by atoms with E-state index in [1.165, 1.54) is 12.1 Å². The van der Waals surface area contributed by atoms with Gasteiger partial charge < -0.3 is 9.84 Å². The Labute approximate surface area is 92.9 Å². The largest absolute Gasteiger partial charge is 0.478 e. The smallest absolute Gasteiger partial charge is 0.335 e. The third-order valence-corrected chi connectivity index (χ3v) is 2.01. The van der Waals surface area contributed by atoms with Crippen molar-refractivity contribution in [3.8, 4) is 11.5 Å². The van der Waals surface area contributed by atoms with E-state index < -0.39 is 5.97 Å². The Hall–Kier alpha value is -2.29. The minimum Gasteiger partial charge on any atom is -0.478 e. The van der Waals surface area contributed by atoms with Gasteiger partial charge in [-0.05, 0) is 30.3 Å². The third kappa shape index (κ3) is 2.39. The summed E-state index contributed by atoms with van der Waals surface area (Å²) in [6.07, 6.45) is 0. The molecule has 0 spiro atoms. The highest BCUT2D eigenvalue weighted by molar-refractivity contribution is 5.87. The lowest BCUT2D eigenvalue weighted by Crippen LogP contribution is -1.95. The van der Waals surface area contributed by atoms with Gasteiger partial charge in [-0.2, -0.15) is 0 Å². The number of rotatable bonds is 3. The molecule has 1 N–H and O–H groups in total. The SMILES string of the molecule is O=C(O)c1ccc(Oc2[c]cccc2)cc1. The van der Waals surface area contributed by atoms with E-state index in [9.17, 15) is 4.79 Å². The van der Waals surface area contributed by atoms with E-state index in [1.54, 1.807) is 24.3 Å². The van der Waals surface area contributed by atoms with Gasteiger partial charge in [-0.15, -0.1) is 0 Å². The molecule has 0 amide bonds. The Balaban J connectivity index is 2.14. The molecule has 0 aromatic heterocycles. The van der Waals surface area contributed by atoms with Gasteiger partial charge in [0.15, 0.2) is 0 Å². The van der Waals surface area contributed by atoms with Gasteiger partial charge >= 0.3 is 5.97 Å². The number of aromatic carboxylic acids is 1. The molecule has 79 valence electrons. The van der Waals surface area contributed by atoms with Crippen LogP contribution in [0.2, 0.25) is 0 Å². The Morgan fingerprint density at radius 1 is 1.12 bits per heavy atom. The summed E-state index contributed by atoms with van der Waals surface area (Å²) in [5.41, 5.74) is 0.240. The number of benzene rings is 2.